The molecule has 1 heterocycles. The Morgan fingerprint density at radius 3 is 2.62 bits per heavy atom. The Kier molecular flexibility index (Phi) is 3.16. The van der Waals surface area contributed by atoms with Gasteiger partial charge in [0.15, 0.2) is 6.61 Å². The number of benzene rings is 1. The van der Waals surface area contributed by atoms with E-state index in [0.717, 1.165) is 10.4 Å². The van der Waals surface area contributed by atoms with Crippen molar-refractivity contribution in [3.8, 4) is 16.2 Å². The van der Waals surface area contributed by atoms with Gasteiger partial charge in [0.05, 0.1) is 4.88 Å². The number of nitrogens with zero attached hydrogens (tertiary/aromatic N) is 1. The first-order valence-corrected chi connectivity index (χ1v) is 5.39. The minimum absolute atomic E-state index is 0.320. The van der Waals surface area contributed by atoms with E-state index in [1.54, 1.807) is 18.3 Å². The van der Waals surface area contributed by atoms with E-state index in [-0.39, 0.29) is 6.61 Å². The molecule has 5 heteroatoms. The fourth-order valence-corrected chi connectivity index (χ4v) is 1.82. The molecule has 0 aliphatic heterocycles. The van der Waals surface area contributed by atoms with E-state index in [1.165, 1.54) is 11.5 Å². The molecule has 1 aromatic carbocycles. The molecular formula is C11H9NO3S. The largest absolute Gasteiger partial charge is 0.482 e. The van der Waals surface area contributed by atoms with Crippen LogP contribution in [0.2, 0.25) is 0 Å². The van der Waals surface area contributed by atoms with Gasteiger partial charge in [-0.05, 0) is 47.4 Å². The highest BCUT2D eigenvalue weighted by Crippen LogP contribution is 2.24. The third-order valence-corrected chi connectivity index (χ3v) is 2.73. The molecule has 0 saturated heterocycles. The Morgan fingerprint density at radius 1 is 1.31 bits per heavy atom. The summed E-state index contributed by atoms with van der Waals surface area (Å²) in [6.07, 6.45) is 1.74. The summed E-state index contributed by atoms with van der Waals surface area (Å²) < 4.78 is 9.04. The van der Waals surface area contributed by atoms with Gasteiger partial charge >= 0.3 is 5.97 Å². The van der Waals surface area contributed by atoms with E-state index < -0.39 is 5.97 Å². The van der Waals surface area contributed by atoms with Crippen LogP contribution < -0.4 is 4.74 Å². The van der Waals surface area contributed by atoms with Crippen LogP contribution in [0, 0.1) is 0 Å². The van der Waals surface area contributed by atoms with Crippen LogP contribution in [0.4, 0.5) is 0 Å². The van der Waals surface area contributed by atoms with Crippen LogP contribution in [0.5, 0.6) is 5.75 Å². The van der Waals surface area contributed by atoms with Gasteiger partial charge in [-0.15, -0.1) is 0 Å². The smallest absolute Gasteiger partial charge is 0.341 e. The molecule has 0 spiro atoms. The molecule has 1 aromatic heterocycles. The van der Waals surface area contributed by atoms with E-state index >= 15 is 0 Å². The van der Waals surface area contributed by atoms with Crippen LogP contribution in [0.3, 0.4) is 0 Å². The monoisotopic (exact) mass is 235 g/mol. The minimum atomic E-state index is -0.980. The second-order valence-electron chi connectivity index (χ2n) is 3.08. The summed E-state index contributed by atoms with van der Waals surface area (Å²) in [6.45, 7) is -0.320. The van der Waals surface area contributed by atoms with Crippen molar-refractivity contribution in [2.45, 2.75) is 0 Å². The molecule has 4 nitrogen and oxygen atoms in total. The maximum atomic E-state index is 10.3. The fourth-order valence-electron chi connectivity index (χ4n) is 1.23. The number of hydrogen-bond donors (Lipinski definition) is 1. The quantitative estimate of drug-likeness (QED) is 0.883. The maximum absolute atomic E-state index is 10.3. The molecule has 0 bridgehead atoms. The van der Waals surface area contributed by atoms with Gasteiger partial charge in [-0.3, -0.25) is 0 Å². The summed E-state index contributed by atoms with van der Waals surface area (Å²) >= 11 is 1.42. The molecule has 82 valence electrons. The van der Waals surface area contributed by atoms with Crippen LogP contribution in [-0.4, -0.2) is 22.1 Å². The fraction of sp³-hybridized carbons (Fsp3) is 0.0909. The molecule has 0 atom stereocenters. The Hall–Kier alpha value is -1.88. The summed E-state index contributed by atoms with van der Waals surface area (Å²) in [5.74, 6) is -0.429. The van der Waals surface area contributed by atoms with Crippen LogP contribution in [0.25, 0.3) is 10.4 Å². The van der Waals surface area contributed by atoms with Crippen LogP contribution in [-0.2, 0) is 4.79 Å². The summed E-state index contributed by atoms with van der Waals surface area (Å²) in [6, 6.07) is 9.18. The zero-order valence-electron chi connectivity index (χ0n) is 8.29. The first-order chi connectivity index (χ1) is 7.75. The Morgan fingerprint density at radius 2 is 2.06 bits per heavy atom. The molecule has 0 aliphatic carbocycles. The second kappa shape index (κ2) is 4.76. The van der Waals surface area contributed by atoms with Crippen LogP contribution >= 0.6 is 11.5 Å². The van der Waals surface area contributed by atoms with E-state index in [9.17, 15) is 4.79 Å². The molecule has 0 saturated carbocycles. The number of carboxylic acid groups (broad SMARTS) is 1. The molecule has 2 aromatic rings. The van der Waals surface area contributed by atoms with Gasteiger partial charge in [0.1, 0.15) is 5.75 Å². The predicted molar refractivity (Wildman–Crippen MR) is 60.7 cm³/mol. The zero-order chi connectivity index (χ0) is 11.4. The number of hydrogen-bond acceptors (Lipinski definition) is 4. The van der Waals surface area contributed by atoms with Gasteiger partial charge in [-0.2, -0.15) is 0 Å². The number of aliphatic carboxylic acids is 1. The third-order valence-electron chi connectivity index (χ3n) is 1.94. The number of aromatic nitrogens is 1. The van der Waals surface area contributed by atoms with Crippen molar-refractivity contribution >= 4 is 17.5 Å². The highest BCUT2D eigenvalue weighted by Gasteiger charge is 2.01. The summed E-state index contributed by atoms with van der Waals surface area (Å²) in [5.41, 5.74) is 1.05. The SMILES string of the molecule is O=C(O)COc1ccc(-c2ccns2)cc1. The topological polar surface area (TPSA) is 59.4 Å². The van der Waals surface area contributed by atoms with E-state index in [0.29, 0.717) is 5.75 Å². The van der Waals surface area contributed by atoms with E-state index in [2.05, 4.69) is 4.37 Å². The first-order valence-electron chi connectivity index (χ1n) is 4.61. The Labute approximate surface area is 96.3 Å². The van der Waals surface area contributed by atoms with Crippen molar-refractivity contribution in [1.82, 2.24) is 4.37 Å². The normalized spacial score (nSPS) is 10.0. The van der Waals surface area contributed by atoms with Crippen molar-refractivity contribution in [1.29, 1.82) is 0 Å². The summed E-state index contributed by atoms with van der Waals surface area (Å²) in [7, 11) is 0. The van der Waals surface area contributed by atoms with Gasteiger partial charge < -0.3 is 9.84 Å². The second-order valence-corrected chi connectivity index (χ2v) is 3.92. The molecule has 0 fully saturated rings. The lowest BCUT2D eigenvalue weighted by Crippen LogP contribution is -2.09. The van der Waals surface area contributed by atoms with E-state index in [1.807, 2.05) is 18.2 Å². The molecule has 2 rings (SSSR count). The number of rotatable bonds is 4. The molecule has 0 radical (unpaired) electrons. The number of ether oxygens (including phenoxy) is 1. The summed E-state index contributed by atoms with van der Waals surface area (Å²) in [5, 5.41) is 8.45. The average Bonchev–Trinajstić information content (AvgIpc) is 2.80. The van der Waals surface area contributed by atoms with Gasteiger partial charge in [0, 0.05) is 6.20 Å². The average molecular weight is 235 g/mol. The van der Waals surface area contributed by atoms with E-state index in [4.69, 9.17) is 9.84 Å². The molecular weight excluding hydrogens is 226 g/mol. The lowest BCUT2D eigenvalue weighted by Gasteiger charge is -2.03. The van der Waals surface area contributed by atoms with Crippen molar-refractivity contribution in [2.24, 2.45) is 0 Å². The minimum Gasteiger partial charge on any atom is -0.482 e. The van der Waals surface area contributed by atoms with Crippen molar-refractivity contribution in [3.63, 3.8) is 0 Å². The summed E-state index contributed by atoms with van der Waals surface area (Å²) in [4.78, 5) is 11.4. The van der Waals surface area contributed by atoms with Crippen LogP contribution in [0.15, 0.2) is 36.5 Å². The molecule has 0 unspecified atom stereocenters. The van der Waals surface area contributed by atoms with Gasteiger partial charge in [-0.25, -0.2) is 9.17 Å². The Bertz CT molecular complexity index is 464. The van der Waals surface area contributed by atoms with Crippen molar-refractivity contribution < 1.29 is 14.6 Å². The first kappa shape index (κ1) is 10.6. The highest BCUT2D eigenvalue weighted by molar-refractivity contribution is 7.09. The molecule has 1 N–H and O–H groups in total. The van der Waals surface area contributed by atoms with Crippen LogP contribution in [0.1, 0.15) is 0 Å². The predicted octanol–water partition coefficient (Wildman–Crippen LogP) is 2.27. The lowest BCUT2D eigenvalue weighted by molar-refractivity contribution is -0.139. The third kappa shape index (κ3) is 2.58. The standard InChI is InChI=1S/C11H9NO3S/c13-11(14)7-15-9-3-1-8(2-4-9)10-5-6-12-16-10/h1-6H,7H2,(H,13,14). The van der Waals surface area contributed by atoms with Gasteiger partial charge in [0.25, 0.3) is 0 Å². The highest BCUT2D eigenvalue weighted by atomic mass is 32.1. The van der Waals surface area contributed by atoms with Crippen molar-refractivity contribution in [3.05, 3.63) is 36.5 Å². The molecule has 0 aliphatic rings. The lowest BCUT2D eigenvalue weighted by atomic mass is 10.2. The van der Waals surface area contributed by atoms with Gasteiger partial charge in [0.2, 0.25) is 0 Å². The zero-order valence-corrected chi connectivity index (χ0v) is 9.11. The Balaban J connectivity index is 2.08. The maximum Gasteiger partial charge on any atom is 0.341 e. The van der Waals surface area contributed by atoms with Gasteiger partial charge in [-0.1, -0.05) is 0 Å². The molecule has 16 heavy (non-hydrogen) atoms. The van der Waals surface area contributed by atoms with Crippen molar-refractivity contribution in [2.75, 3.05) is 6.61 Å². The number of carboxylic acids is 1. The number of carbonyl (C=O) groups is 1. The molecule has 0 amide bonds.